The molecular formula is C20H24. The molecule has 0 heterocycles. The zero-order chi connectivity index (χ0) is 13.9. The highest BCUT2D eigenvalue weighted by atomic mass is 14.3. The second-order valence-corrected chi connectivity index (χ2v) is 6.04. The highest BCUT2D eigenvalue weighted by Gasteiger charge is 2.21. The average molecular weight is 264 g/mol. The van der Waals surface area contributed by atoms with Crippen LogP contribution in [0, 0.1) is 6.92 Å². The van der Waals surface area contributed by atoms with Crippen LogP contribution in [0.4, 0.5) is 0 Å². The molecule has 0 nitrogen and oxygen atoms in total. The average Bonchev–Trinajstić information content (AvgIpc) is 2.85. The van der Waals surface area contributed by atoms with Gasteiger partial charge in [0.25, 0.3) is 0 Å². The van der Waals surface area contributed by atoms with Gasteiger partial charge in [-0.25, -0.2) is 0 Å². The summed E-state index contributed by atoms with van der Waals surface area (Å²) in [6.07, 6.45) is 7.72. The van der Waals surface area contributed by atoms with E-state index in [9.17, 15) is 0 Å². The molecule has 20 heavy (non-hydrogen) atoms. The van der Waals surface area contributed by atoms with Crippen LogP contribution in [0.1, 0.15) is 54.9 Å². The molecular weight excluding hydrogens is 240 g/mol. The lowest BCUT2D eigenvalue weighted by molar-refractivity contribution is 0.667. The van der Waals surface area contributed by atoms with Crippen molar-refractivity contribution >= 4 is 0 Å². The Bertz CT molecular complexity index is 607. The molecule has 3 rings (SSSR count). The molecule has 0 amide bonds. The molecule has 0 heteroatoms. The lowest BCUT2D eigenvalue weighted by Gasteiger charge is -2.10. The largest absolute Gasteiger partial charge is 0.0654 e. The van der Waals surface area contributed by atoms with E-state index in [4.69, 9.17) is 0 Å². The monoisotopic (exact) mass is 264 g/mol. The summed E-state index contributed by atoms with van der Waals surface area (Å²) in [5.74, 6) is 0. The Hall–Kier alpha value is -1.56. The minimum absolute atomic E-state index is 1.13. The molecule has 0 aromatic heterocycles. The van der Waals surface area contributed by atoms with E-state index >= 15 is 0 Å². The number of hydrogen-bond donors (Lipinski definition) is 0. The quantitative estimate of drug-likeness (QED) is 0.519. The Morgan fingerprint density at radius 1 is 0.950 bits per heavy atom. The van der Waals surface area contributed by atoms with Gasteiger partial charge < -0.3 is 0 Å². The van der Waals surface area contributed by atoms with E-state index in [0.717, 1.165) is 6.42 Å². The zero-order valence-electron chi connectivity index (χ0n) is 12.7. The van der Waals surface area contributed by atoms with Crippen molar-refractivity contribution in [2.75, 3.05) is 0 Å². The van der Waals surface area contributed by atoms with Gasteiger partial charge in [-0.15, -0.1) is 0 Å². The van der Waals surface area contributed by atoms with E-state index in [1.165, 1.54) is 48.8 Å². The van der Waals surface area contributed by atoms with Gasteiger partial charge in [-0.1, -0.05) is 62.6 Å². The first-order chi connectivity index (χ1) is 9.81. The third-order valence-electron chi connectivity index (χ3n) is 4.58. The van der Waals surface area contributed by atoms with Crippen molar-refractivity contribution in [3.05, 3.63) is 58.7 Å². The molecule has 1 aliphatic rings. The Kier molecular flexibility index (Phi) is 3.91. The van der Waals surface area contributed by atoms with E-state index in [1.807, 2.05) is 0 Å². The number of unbranched alkanes of at least 4 members (excludes halogenated alkanes) is 3. The van der Waals surface area contributed by atoms with Crippen LogP contribution in [0.2, 0.25) is 0 Å². The van der Waals surface area contributed by atoms with Gasteiger partial charge in [-0.3, -0.25) is 0 Å². The maximum Gasteiger partial charge on any atom is -0.00107 e. The van der Waals surface area contributed by atoms with E-state index in [2.05, 4.69) is 50.2 Å². The molecule has 0 spiro atoms. The molecule has 0 N–H and O–H groups in total. The second-order valence-electron chi connectivity index (χ2n) is 6.04. The fraction of sp³-hybridized carbons (Fsp3) is 0.400. The molecule has 0 atom stereocenters. The van der Waals surface area contributed by atoms with Crippen molar-refractivity contribution in [3.8, 4) is 11.1 Å². The number of aryl methyl sites for hydroxylation is 2. The predicted octanol–water partition coefficient (Wildman–Crippen LogP) is 5.69. The van der Waals surface area contributed by atoms with Crippen molar-refractivity contribution < 1.29 is 0 Å². The van der Waals surface area contributed by atoms with Crippen LogP contribution in [0.15, 0.2) is 36.4 Å². The van der Waals surface area contributed by atoms with Crippen LogP contribution in [0.5, 0.6) is 0 Å². The van der Waals surface area contributed by atoms with E-state index < -0.39 is 0 Å². The standard InChI is InChI=1S/C20H24/c1-3-4-5-6-10-16-11-8-12-17-14-19-15(2)9-7-13-18(19)20(16)17/h7-9,11-13H,3-6,10,14H2,1-2H3. The fourth-order valence-corrected chi connectivity index (χ4v) is 3.46. The van der Waals surface area contributed by atoms with Crippen molar-refractivity contribution in [1.29, 1.82) is 0 Å². The Labute approximate surface area is 122 Å². The molecule has 0 unspecified atom stereocenters. The minimum Gasteiger partial charge on any atom is -0.0654 e. The van der Waals surface area contributed by atoms with Crippen LogP contribution < -0.4 is 0 Å². The molecule has 0 saturated carbocycles. The number of rotatable bonds is 5. The van der Waals surface area contributed by atoms with Crippen LogP contribution in [-0.4, -0.2) is 0 Å². The van der Waals surface area contributed by atoms with Crippen LogP contribution >= 0.6 is 0 Å². The maximum absolute atomic E-state index is 2.34. The summed E-state index contributed by atoms with van der Waals surface area (Å²) in [6.45, 7) is 4.52. The maximum atomic E-state index is 2.34. The van der Waals surface area contributed by atoms with Crippen molar-refractivity contribution in [3.63, 3.8) is 0 Å². The molecule has 0 fully saturated rings. The van der Waals surface area contributed by atoms with Crippen molar-refractivity contribution in [1.82, 2.24) is 0 Å². The van der Waals surface area contributed by atoms with Crippen LogP contribution in [-0.2, 0) is 12.8 Å². The Balaban J connectivity index is 1.91. The second kappa shape index (κ2) is 5.83. The summed E-state index contributed by atoms with van der Waals surface area (Å²) in [7, 11) is 0. The Morgan fingerprint density at radius 2 is 1.80 bits per heavy atom. The molecule has 0 aliphatic heterocycles. The number of benzene rings is 2. The number of fused-ring (bicyclic) bond motifs is 3. The first-order valence-corrected chi connectivity index (χ1v) is 8.01. The normalized spacial score (nSPS) is 12.3. The SMILES string of the molecule is CCCCCCc1cccc2c1-c1cccc(C)c1C2. The number of hydrogen-bond acceptors (Lipinski definition) is 0. The highest BCUT2D eigenvalue weighted by molar-refractivity contribution is 5.80. The third-order valence-corrected chi connectivity index (χ3v) is 4.58. The molecule has 2 aromatic rings. The van der Waals surface area contributed by atoms with Crippen LogP contribution in [0.3, 0.4) is 0 Å². The molecule has 104 valence electrons. The van der Waals surface area contributed by atoms with Gasteiger partial charge in [0, 0.05) is 0 Å². The summed E-state index contributed by atoms with van der Waals surface area (Å²) in [6, 6.07) is 13.6. The predicted molar refractivity (Wildman–Crippen MR) is 87.3 cm³/mol. The summed E-state index contributed by atoms with van der Waals surface area (Å²) in [5.41, 5.74) is 9.11. The van der Waals surface area contributed by atoms with Gasteiger partial charge in [-0.2, -0.15) is 0 Å². The van der Waals surface area contributed by atoms with Crippen molar-refractivity contribution in [2.24, 2.45) is 0 Å². The summed E-state index contributed by atoms with van der Waals surface area (Å²) in [5, 5.41) is 0. The van der Waals surface area contributed by atoms with Gasteiger partial charge in [0.1, 0.15) is 0 Å². The summed E-state index contributed by atoms with van der Waals surface area (Å²) in [4.78, 5) is 0. The van der Waals surface area contributed by atoms with Gasteiger partial charge in [0.2, 0.25) is 0 Å². The zero-order valence-corrected chi connectivity index (χ0v) is 12.7. The van der Waals surface area contributed by atoms with Crippen molar-refractivity contribution in [2.45, 2.75) is 52.4 Å². The van der Waals surface area contributed by atoms with E-state index in [0.29, 0.717) is 0 Å². The lowest BCUT2D eigenvalue weighted by atomic mass is 9.95. The topological polar surface area (TPSA) is 0 Å². The molecule has 0 saturated heterocycles. The molecule has 0 radical (unpaired) electrons. The van der Waals surface area contributed by atoms with Gasteiger partial charge in [-0.05, 0) is 59.6 Å². The van der Waals surface area contributed by atoms with Gasteiger partial charge in [0.05, 0.1) is 0 Å². The lowest BCUT2D eigenvalue weighted by Crippen LogP contribution is -1.91. The smallest absolute Gasteiger partial charge is 0.00107 e. The third kappa shape index (κ3) is 2.40. The van der Waals surface area contributed by atoms with E-state index in [-0.39, 0.29) is 0 Å². The molecule has 2 aromatic carbocycles. The highest BCUT2D eigenvalue weighted by Crippen LogP contribution is 2.40. The van der Waals surface area contributed by atoms with Gasteiger partial charge >= 0.3 is 0 Å². The first kappa shape index (κ1) is 13.4. The van der Waals surface area contributed by atoms with Gasteiger partial charge in [0.15, 0.2) is 0 Å². The van der Waals surface area contributed by atoms with E-state index in [1.54, 1.807) is 16.7 Å². The molecule has 1 aliphatic carbocycles. The first-order valence-electron chi connectivity index (χ1n) is 8.01. The minimum atomic E-state index is 1.13. The Morgan fingerprint density at radius 3 is 2.65 bits per heavy atom. The van der Waals surface area contributed by atoms with Crippen LogP contribution in [0.25, 0.3) is 11.1 Å². The molecule has 0 bridgehead atoms. The summed E-state index contributed by atoms with van der Waals surface area (Å²) < 4.78 is 0. The summed E-state index contributed by atoms with van der Waals surface area (Å²) >= 11 is 0. The fourth-order valence-electron chi connectivity index (χ4n) is 3.46.